The van der Waals surface area contributed by atoms with Crippen molar-refractivity contribution in [1.82, 2.24) is 20.3 Å². The molecule has 7 nitrogen and oxygen atoms in total. The van der Waals surface area contributed by atoms with Crippen LogP contribution in [0, 0.1) is 0 Å². The molecule has 0 bridgehead atoms. The van der Waals surface area contributed by atoms with Gasteiger partial charge in [-0.25, -0.2) is 0 Å². The van der Waals surface area contributed by atoms with Gasteiger partial charge in [-0.3, -0.25) is 4.79 Å². The molecule has 0 radical (unpaired) electrons. The summed E-state index contributed by atoms with van der Waals surface area (Å²) in [5.41, 5.74) is 0.168. The summed E-state index contributed by atoms with van der Waals surface area (Å²) in [6, 6.07) is 6.29. The van der Waals surface area contributed by atoms with Gasteiger partial charge in [0.1, 0.15) is 0 Å². The van der Waals surface area contributed by atoms with Crippen LogP contribution in [0.2, 0.25) is 0 Å². The highest BCUT2D eigenvalue weighted by Gasteiger charge is 2.16. The molecule has 10 heteroatoms. The van der Waals surface area contributed by atoms with Gasteiger partial charge in [-0.2, -0.15) is 23.7 Å². The van der Waals surface area contributed by atoms with Crippen LogP contribution in [-0.4, -0.2) is 47.8 Å². The van der Waals surface area contributed by atoms with Crippen LogP contribution in [0.1, 0.15) is 16.2 Å². The summed E-state index contributed by atoms with van der Waals surface area (Å²) in [6.07, 6.45) is 0. The molecule has 0 spiro atoms. The number of ether oxygens (including phenoxy) is 1. The number of aromatic nitrogens is 3. The molecule has 134 valence electrons. The second-order valence-electron chi connectivity index (χ2n) is 4.99. The van der Waals surface area contributed by atoms with Crippen molar-refractivity contribution in [2.75, 3.05) is 26.1 Å². The summed E-state index contributed by atoms with van der Waals surface area (Å²) in [6.45, 7) is 0.00618. The fourth-order valence-electron chi connectivity index (χ4n) is 1.86. The fraction of sp³-hybridized carbons (Fsp3) is 0.333. The third-order valence-corrected chi connectivity index (χ3v) is 3.77. The van der Waals surface area contributed by atoms with Gasteiger partial charge in [-0.05, 0) is 12.1 Å². The van der Waals surface area contributed by atoms with Crippen molar-refractivity contribution in [2.45, 2.75) is 17.2 Å². The Morgan fingerprint density at radius 2 is 2.00 bits per heavy atom. The number of rotatable bonds is 7. The van der Waals surface area contributed by atoms with Gasteiger partial charge in [0, 0.05) is 19.0 Å². The molecular formula is C15H17F2N5O2S. The Labute approximate surface area is 147 Å². The van der Waals surface area contributed by atoms with Gasteiger partial charge >= 0.3 is 6.01 Å². The second kappa shape index (κ2) is 8.56. The van der Waals surface area contributed by atoms with Gasteiger partial charge < -0.3 is 15.0 Å². The first-order valence-electron chi connectivity index (χ1n) is 7.19. The van der Waals surface area contributed by atoms with E-state index in [-0.39, 0.29) is 23.0 Å². The quantitative estimate of drug-likeness (QED) is 0.750. The predicted molar refractivity (Wildman–Crippen MR) is 90.2 cm³/mol. The highest BCUT2D eigenvalue weighted by atomic mass is 32.2. The molecule has 1 aromatic carbocycles. The van der Waals surface area contributed by atoms with Crippen molar-refractivity contribution < 1.29 is 18.3 Å². The lowest BCUT2D eigenvalue weighted by atomic mass is 10.2. The van der Waals surface area contributed by atoms with E-state index in [1.54, 1.807) is 31.1 Å². The number of methoxy groups -OCH3 is 1. The maximum atomic E-state index is 12.6. The molecule has 0 saturated heterocycles. The van der Waals surface area contributed by atoms with E-state index in [0.717, 1.165) is 0 Å². The smallest absolute Gasteiger partial charge is 0.321 e. The van der Waals surface area contributed by atoms with Crippen molar-refractivity contribution in [2.24, 2.45) is 0 Å². The molecule has 0 atom stereocenters. The molecule has 2 aromatic rings. The topological polar surface area (TPSA) is 80.2 Å². The zero-order chi connectivity index (χ0) is 18.4. The molecule has 1 N–H and O–H groups in total. The van der Waals surface area contributed by atoms with E-state index < -0.39 is 11.7 Å². The molecule has 1 heterocycles. The number of nitrogens with zero attached hydrogens (tertiary/aromatic N) is 4. The summed E-state index contributed by atoms with van der Waals surface area (Å²) in [5.74, 6) is -2.42. The largest absolute Gasteiger partial charge is 0.467 e. The Balaban J connectivity index is 2.14. The van der Waals surface area contributed by atoms with Gasteiger partial charge in [0.25, 0.3) is 11.7 Å². The zero-order valence-corrected chi connectivity index (χ0v) is 14.7. The van der Waals surface area contributed by atoms with Gasteiger partial charge in [0.15, 0.2) is 5.82 Å². The summed E-state index contributed by atoms with van der Waals surface area (Å²) < 4.78 is 30.2. The van der Waals surface area contributed by atoms with E-state index in [1.165, 1.54) is 19.2 Å². The molecule has 0 aliphatic rings. The number of hydrogen-bond acceptors (Lipinski definition) is 7. The highest BCUT2D eigenvalue weighted by Crippen LogP contribution is 2.28. The first kappa shape index (κ1) is 18.8. The van der Waals surface area contributed by atoms with E-state index in [4.69, 9.17) is 4.74 Å². The van der Waals surface area contributed by atoms with E-state index >= 15 is 0 Å². The molecule has 0 saturated carbocycles. The van der Waals surface area contributed by atoms with E-state index in [9.17, 15) is 13.6 Å². The normalized spacial score (nSPS) is 10.6. The van der Waals surface area contributed by atoms with Gasteiger partial charge in [-0.1, -0.05) is 23.9 Å². The van der Waals surface area contributed by atoms with Crippen molar-refractivity contribution >= 4 is 23.6 Å². The van der Waals surface area contributed by atoms with E-state index in [2.05, 4.69) is 20.3 Å². The third kappa shape index (κ3) is 5.24. The molecule has 1 amide bonds. The summed E-state index contributed by atoms with van der Waals surface area (Å²) >= 11 is 0.325. The summed E-state index contributed by atoms with van der Waals surface area (Å²) in [5, 5.41) is 2.62. The Hall–Kier alpha value is -2.49. The Morgan fingerprint density at radius 3 is 2.64 bits per heavy atom. The third-order valence-electron chi connectivity index (χ3n) is 2.99. The van der Waals surface area contributed by atoms with Crippen LogP contribution >= 0.6 is 11.8 Å². The van der Waals surface area contributed by atoms with Crippen molar-refractivity contribution in [1.29, 1.82) is 0 Å². The Bertz CT molecular complexity index is 746. The van der Waals surface area contributed by atoms with Crippen molar-refractivity contribution in [3.05, 3.63) is 35.7 Å². The monoisotopic (exact) mass is 369 g/mol. The van der Waals surface area contributed by atoms with Crippen LogP contribution in [0.5, 0.6) is 6.01 Å². The number of thioether (sulfide) groups is 1. The van der Waals surface area contributed by atoms with E-state index in [1.807, 2.05) is 0 Å². The second-order valence-corrected chi connectivity index (χ2v) is 6.02. The maximum absolute atomic E-state index is 12.6. The lowest BCUT2D eigenvalue weighted by molar-refractivity contribution is 0.0946. The Kier molecular flexibility index (Phi) is 6.45. The molecule has 0 fully saturated rings. The summed E-state index contributed by atoms with van der Waals surface area (Å²) in [7, 11) is 4.94. The number of hydrogen-bond donors (Lipinski definition) is 1. The van der Waals surface area contributed by atoms with Crippen LogP contribution in [0.4, 0.5) is 14.7 Å². The van der Waals surface area contributed by atoms with Crippen LogP contribution in [0.3, 0.4) is 0 Å². The van der Waals surface area contributed by atoms with Gasteiger partial charge in [0.05, 0.1) is 19.2 Å². The van der Waals surface area contributed by atoms with Crippen LogP contribution < -0.4 is 15.0 Å². The molecular weight excluding hydrogens is 352 g/mol. The zero-order valence-electron chi connectivity index (χ0n) is 13.9. The van der Waals surface area contributed by atoms with Crippen molar-refractivity contribution in [3.8, 4) is 6.01 Å². The minimum atomic E-state index is -2.61. The number of nitrogens with one attached hydrogen (secondary N) is 1. The number of amides is 1. The number of anilines is 1. The molecule has 0 aliphatic carbocycles. The number of halogens is 2. The predicted octanol–water partition coefficient (Wildman–Crippen LogP) is 2.19. The Morgan fingerprint density at radius 1 is 1.28 bits per heavy atom. The van der Waals surface area contributed by atoms with Gasteiger partial charge in [0.2, 0.25) is 5.95 Å². The summed E-state index contributed by atoms with van der Waals surface area (Å²) in [4.78, 5) is 26.5. The van der Waals surface area contributed by atoms with Gasteiger partial charge in [-0.15, -0.1) is 0 Å². The minimum absolute atomic E-state index is 0.00618. The molecule has 0 unspecified atom stereocenters. The molecule has 1 aromatic heterocycles. The molecule has 2 rings (SSSR count). The standard InChI is InChI=1S/C15H17F2N5O2S/c1-22(2)14-19-11(20-15(21-14)24-3)8-18-12(23)9-6-4-5-7-10(9)25-13(16)17/h4-7,13H,8H2,1-3H3,(H,18,23). The molecule has 0 aliphatic heterocycles. The van der Waals surface area contributed by atoms with Crippen molar-refractivity contribution in [3.63, 3.8) is 0 Å². The lowest BCUT2D eigenvalue weighted by Crippen LogP contribution is -2.25. The fourth-order valence-corrected chi connectivity index (χ4v) is 2.50. The molecule has 25 heavy (non-hydrogen) atoms. The van der Waals surface area contributed by atoms with Crippen LogP contribution in [0.15, 0.2) is 29.2 Å². The number of alkyl halides is 2. The van der Waals surface area contributed by atoms with Crippen LogP contribution in [0.25, 0.3) is 0 Å². The number of carbonyl (C=O) groups is 1. The number of carbonyl (C=O) groups excluding carboxylic acids is 1. The average molecular weight is 369 g/mol. The first-order valence-corrected chi connectivity index (χ1v) is 8.07. The highest BCUT2D eigenvalue weighted by molar-refractivity contribution is 7.99. The first-order chi connectivity index (χ1) is 11.9. The minimum Gasteiger partial charge on any atom is -0.467 e. The van der Waals surface area contributed by atoms with E-state index in [0.29, 0.717) is 23.5 Å². The lowest BCUT2D eigenvalue weighted by Gasteiger charge is -2.13. The van der Waals surface area contributed by atoms with Crippen LogP contribution in [-0.2, 0) is 6.54 Å². The SMILES string of the molecule is COc1nc(CNC(=O)c2ccccc2SC(F)F)nc(N(C)C)n1. The average Bonchev–Trinajstić information content (AvgIpc) is 2.59. The number of benzene rings is 1. The maximum Gasteiger partial charge on any atom is 0.321 e.